The molecule has 1 aromatic rings. The minimum absolute atomic E-state index is 0.256. The average Bonchev–Trinajstić information content (AvgIpc) is 2.69. The van der Waals surface area contributed by atoms with E-state index in [1.165, 1.54) is 12.1 Å². The number of amides is 1. The number of benzene rings is 1. The summed E-state index contributed by atoms with van der Waals surface area (Å²) in [5.74, 6) is -2.80. The van der Waals surface area contributed by atoms with Crippen LogP contribution in [0.15, 0.2) is 22.7 Å². The number of rotatable bonds is 2. The Kier molecular flexibility index (Phi) is 3.77. The Labute approximate surface area is 120 Å². The Bertz CT molecular complexity index is 574. The molecule has 0 aromatic heterocycles. The van der Waals surface area contributed by atoms with Crippen LogP contribution >= 0.6 is 15.9 Å². The molecule has 108 valence electrons. The second-order valence-electron chi connectivity index (χ2n) is 4.40. The molecule has 4 nitrogen and oxygen atoms in total. The van der Waals surface area contributed by atoms with Crippen molar-refractivity contribution in [3.05, 3.63) is 28.2 Å². The highest BCUT2D eigenvalue weighted by molar-refractivity contribution is 9.10. The smallest absolute Gasteiger partial charge is 0.418 e. The Hall–Kier alpha value is -1.57. The van der Waals surface area contributed by atoms with Gasteiger partial charge in [0.25, 0.3) is 0 Å². The number of anilines is 1. The first-order chi connectivity index (χ1) is 9.20. The molecule has 0 aliphatic carbocycles. The minimum atomic E-state index is -4.61. The van der Waals surface area contributed by atoms with E-state index in [-0.39, 0.29) is 18.7 Å². The van der Waals surface area contributed by atoms with Crippen LogP contribution in [0, 0.1) is 5.92 Å². The van der Waals surface area contributed by atoms with Gasteiger partial charge in [0.1, 0.15) is 0 Å². The van der Waals surface area contributed by atoms with E-state index in [1.54, 1.807) is 0 Å². The van der Waals surface area contributed by atoms with Crippen molar-refractivity contribution in [1.29, 1.82) is 0 Å². The summed E-state index contributed by atoms with van der Waals surface area (Å²) in [6.07, 6.45) is -4.91. The molecule has 0 radical (unpaired) electrons. The average molecular weight is 352 g/mol. The van der Waals surface area contributed by atoms with E-state index in [1.807, 2.05) is 0 Å². The summed E-state index contributed by atoms with van der Waals surface area (Å²) >= 11 is 3.05. The molecular formula is C12H9BrF3NO3. The van der Waals surface area contributed by atoms with E-state index in [0.29, 0.717) is 4.47 Å². The van der Waals surface area contributed by atoms with Gasteiger partial charge in [-0.15, -0.1) is 0 Å². The van der Waals surface area contributed by atoms with Gasteiger partial charge in [-0.2, -0.15) is 13.2 Å². The van der Waals surface area contributed by atoms with Crippen molar-refractivity contribution in [1.82, 2.24) is 0 Å². The topological polar surface area (TPSA) is 57.6 Å². The Morgan fingerprint density at radius 1 is 1.40 bits per heavy atom. The number of hydrogen-bond acceptors (Lipinski definition) is 2. The number of hydrogen-bond donors (Lipinski definition) is 1. The molecule has 1 aliphatic heterocycles. The molecule has 1 atom stereocenters. The van der Waals surface area contributed by atoms with Gasteiger partial charge in [0.05, 0.1) is 17.2 Å². The first-order valence-corrected chi connectivity index (χ1v) is 6.39. The zero-order valence-electron chi connectivity index (χ0n) is 9.95. The summed E-state index contributed by atoms with van der Waals surface area (Å²) < 4.78 is 39.2. The van der Waals surface area contributed by atoms with Gasteiger partial charge >= 0.3 is 12.1 Å². The molecule has 20 heavy (non-hydrogen) atoms. The maximum absolute atomic E-state index is 12.9. The predicted molar refractivity (Wildman–Crippen MR) is 67.2 cm³/mol. The lowest BCUT2D eigenvalue weighted by Gasteiger charge is -2.21. The number of carbonyl (C=O) groups is 2. The Balaban J connectivity index is 2.45. The Morgan fingerprint density at radius 2 is 2.05 bits per heavy atom. The molecule has 1 amide bonds. The van der Waals surface area contributed by atoms with Crippen molar-refractivity contribution in [3.63, 3.8) is 0 Å². The maximum Gasteiger partial charge on any atom is 0.418 e. The van der Waals surface area contributed by atoms with Crippen molar-refractivity contribution < 1.29 is 27.9 Å². The predicted octanol–water partition coefficient (Wildman–Crippen LogP) is 2.91. The minimum Gasteiger partial charge on any atom is -0.481 e. The molecule has 1 heterocycles. The molecule has 1 fully saturated rings. The molecular weight excluding hydrogens is 343 g/mol. The zero-order valence-corrected chi connectivity index (χ0v) is 11.5. The van der Waals surface area contributed by atoms with Crippen molar-refractivity contribution in [3.8, 4) is 0 Å². The zero-order chi connectivity index (χ0) is 15.1. The number of carboxylic acid groups (broad SMARTS) is 1. The lowest BCUT2D eigenvalue weighted by atomic mass is 10.1. The fourth-order valence-electron chi connectivity index (χ4n) is 2.07. The van der Waals surface area contributed by atoms with Crippen molar-refractivity contribution >= 4 is 33.5 Å². The van der Waals surface area contributed by atoms with E-state index < -0.39 is 29.5 Å². The van der Waals surface area contributed by atoms with Crippen LogP contribution in [0.2, 0.25) is 0 Å². The van der Waals surface area contributed by atoms with Gasteiger partial charge < -0.3 is 10.0 Å². The van der Waals surface area contributed by atoms with Crippen molar-refractivity contribution in [2.45, 2.75) is 12.6 Å². The van der Waals surface area contributed by atoms with Crippen molar-refractivity contribution in [2.75, 3.05) is 11.4 Å². The number of nitrogens with zero attached hydrogens (tertiary/aromatic N) is 1. The normalized spacial score (nSPS) is 19.5. The second-order valence-corrected chi connectivity index (χ2v) is 5.32. The largest absolute Gasteiger partial charge is 0.481 e. The van der Waals surface area contributed by atoms with Gasteiger partial charge in [0.2, 0.25) is 5.91 Å². The summed E-state index contributed by atoms with van der Waals surface area (Å²) in [5, 5.41) is 8.87. The molecule has 1 N–H and O–H groups in total. The van der Waals surface area contributed by atoms with Gasteiger partial charge in [-0.05, 0) is 18.2 Å². The quantitative estimate of drug-likeness (QED) is 0.891. The summed E-state index contributed by atoms with van der Waals surface area (Å²) in [6.45, 7) is -0.256. The van der Waals surface area contributed by atoms with Crippen LogP contribution < -0.4 is 4.90 Å². The maximum atomic E-state index is 12.9. The van der Waals surface area contributed by atoms with Crippen molar-refractivity contribution in [2.24, 2.45) is 5.92 Å². The van der Waals surface area contributed by atoms with Crippen LogP contribution in [0.5, 0.6) is 0 Å². The van der Waals surface area contributed by atoms with Gasteiger partial charge in [-0.1, -0.05) is 15.9 Å². The molecule has 8 heteroatoms. The monoisotopic (exact) mass is 351 g/mol. The van der Waals surface area contributed by atoms with Crippen LogP contribution in [0.3, 0.4) is 0 Å². The number of carboxylic acids is 1. The van der Waals surface area contributed by atoms with Crippen LogP contribution in [0.1, 0.15) is 12.0 Å². The van der Waals surface area contributed by atoms with E-state index in [9.17, 15) is 22.8 Å². The highest BCUT2D eigenvalue weighted by Gasteiger charge is 2.40. The van der Waals surface area contributed by atoms with Crippen LogP contribution in [0.25, 0.3) is 0 Å². The third kappa shape index (κ3) is 2.79. The fourth-order valence-corrected chi connectivity index (χ4v) is 2.42. The number of halogens is 4. The van der Waals surface area contributed by atoms with E-state index in [0.717, 1.165) is 11.0 Å². The first kappa shape index (κ1) is 14.8. The van der Waals surface area contributed by atoms with Gasteiger partial charge in [0, 0.05) is 17.4 Å². The van der Waals surface area contributed by atoms with Gasteiger partial charge in [0.15, 0.2) is 0 Å². The van der Waals surface area contributed by atoms with E-state index >= 15 is 0 Å². The number of aliphatic carboxylic acids is 1. The molecule has 2 rings (SSSR count). The summed E-state index contributed by atoms with van der Waals surface area (Å²) in [7, 11) is 0. The van der Waals surface area contributed by atoms with Gasteiger partial charge in [-0.25, -0.2) is 0 Å². The second kappa shape index (κ2) is 5.08. The number of carbonyl (C=O) groups excluding carboxylic acids is 1. The van der Waals surface area contributed by atoms with E-state index in [4.69, 9.17) is 5.11 Å². The molecule has 0 saturated carbocycles. The van der Waals surface area contributed by atoms with Crippen LogP contribution in [0.4, 0.5) is 18.9 Å². The summed E-state index contributed by atoms with van der Waals surface area (Å²) in [5.41, 5.74) is -1.28. The fraction of sp³-hybridized carbons (Fsp3) is 0.333. The molecule has 1 aromatic carbocycles. The molecule has 0 bridgehead atoms. The SMILES string of the molecule is O=C(O)C1CC(=O)N(c2cc(Br)ccc2C(F)(F)F)C1. The molecule has 1 aliphatic rings. The Morgan fingerprint density at radius 3 is 2.55 bits per heavy atom. The lowest BCUT2D eigenvalue weighted by Crippen LogP contribution is -2.28. The van der Waals surface area contributed by atoms with E-state index in [2.05, 4.69) is 15.9 Å². The standard InChI is InChI=1S/C12H9BrF3NO3/c13-7-1-2-8(12(14,15)16)9(4-7)17-5-6(11(19)20)3-10(17)18/h1-2,4,6H,3,5H2,(H,19,20). The summed E-state index contributed by atoms with van der Waals surface area (Å²) in [6, 6.07) is 3.26. The van der Waals surface area contributed by atoms with Crippen LogP contribution in [-0.2, 0) is 15.8 Å². The third-order valence-corrected chi connectivity index (χ3v) is 3.52. The highest BCUT2D eigenvalue weighted by atomic mass is 79.9. The molecule has 0 spiro atoms. The number of alkyl halides is 3. The third-order valence-electron chi connectivity index (χ3n) is 3.03. The molecule has 1 unspecified atom stereocenters. The molecule has 1 saturated heterocycles. The first-order valence-electron chi connectivity index (χ1n) is 5.60. The highest BCUT2D eigenvalue weighted by Crippen LogP contribution is 2.40. The lowest BCUT2D eigenvalue weighted by molar-refractivity contribution is -0.141. The van der Waals surface area contributed by atoms with Gasteiger partial charge in [-0.3, -0.25) is 9.59 Å². The summed E-state index contributed by atoms with van der Waals surface area (Å²) in [4.78, 5) is 23.5. The van der Waals surface area contributed by atoms with Crippen LogP contribution in [-0.4, -0.2) is 23.5 Å².